The number of rotatable bonds is 3. The summed E-state index contributed by atoms with van der Waals surface area (Å²) in [5.41, 5.74) is 7.18. The van der Waals surface area contributed by atoms with Gasteiger partial charge in [0, 0.05) is 46.2 Å². The van der Waals surface area contributed by atoms with E-state index in [9.17, 15) is 15.8 Å². The van der Waals surface area contributed by atoms with Crippen LogP contribution in [-0.4, -0.2) is 18.0 Å². The Morgan fingerprint density at radius 3 is 2.53 bits per heavy atom. The number of thiophene rings is 1. The maximum absolute atomic E-state index is 10.1. The Bertz CT molecular complexity index is 1140. The van der Waals surface area contributed by atoms with Gasteiger partial charge in [-0.1, -0.05) is 36.4 Å². The number of nitrogens with zero attached hydrogens (tertiary/aromatic N) is 4. The predicted octanol–water partition coefficient (Wildman–Crippen LogP) is 4.44. The van der Waals surface area contributed by atoms with Crippen LogP contribution in [0.5, 0.6) is 0 Å². The summed E-state index contributed by atoms with van der Waals surface area (Å²) in [6.45, 7) is 2.09. The van der Waals surface area contributed by atoms with Gasteiger partial charge in [0.15, 0.2) is 5.41 Å². The number of benzene rings is 1. The van der Waals surface area contributed by atoms with Crippen molar-refractivity contribution in [3.8, 4) is 18.2 Å². The number of allylic oxidation sites excluding steroid dienone is 2. The molecule has 0 unspecified atom stereocenters. The Balaban J connectivity index is 1.83. The first kappa shape index (κ1) is 20.4. The molecule has 2 atom stereocenters. The van der Waals surface area contributed by atoms with Gasteiger partial charge in [0.1, 0.15) is 6.07 Å². The summed E-state index contributed by atoms with van der Waals surface area (Å²) in [5, 5.41) is 32.0. The molecule has 0 spiro atoms. The van der Waals surface area contributed by atoms with Crippen molar-refractivity contribution in [3.05, 3.63) is 79.6 Å². The second-order valence-electron chi connectivity index (χ2n) is 7.52. The average molecular weight is 476 g/mol. The zero-order valence-corrected chi connectivity index (χ0v) is 18.4. The normalized spacial score (nSPS) is 22.9. The van der Waals surface area contributed by atoms with E-state index in [1.807, 2.05) is 35.7 Å². The molecule has 1 aliphatic heterocycles. The molecule has 148 valence electrons. The van der Waals surface area contributed by atoms with Crippen LogP contribution in [-0.2, 0) is 6.54 Å². The van der Waals surface area contributed by atoms with Gasteiger partial charge in [-0.05, 0) is 33.1 Å². The number of nitrogens with two attached hydrogens (primary N) is 1. The number of hydrogen-bond acceptors (Lipinski definition) is 6. The molecule has 2 aliphatic rings. The van der Waals surface area contributed by atoms with Crippen LogP contribution in [0.1, 0.15) is 16.4 Å². The van der Waals surface area contributed by atoms with Gasteiger partial charge < -0.3 is 5.73 Å². The third-order valence-electron chi connectivity index (χ3n) is 5.88. The lowest BCUT2D eigenvalue weighted by molar-refractivity contribution is 0.202. The Morgan fingerprint density at radius 2 is 1.93 bits per heavy atom. The van der Waals surface area contributed by atoms with E-state index >= 15 is 0 Å². The van der Waals surface area contributed by atoms with Gasteiger partial charge in [-0.3, -0.25) is 4.90 Å². The van der Waals surface area contributed by atoms with E-state index in [-0.39, 0.29) is 17.2 Å². The van der Waals surface area contributed by atoms with Crippen LogP contribution in [0.3, 0.4) is 0 Å². The van der Waals surface area contributed by atoms with Gasteiger partial charge in [-0.2, -0.15) is 15.8 Å². The predicted molar refractivity (Wildman–Crippen MR) is 119 cm³/mol. The number of halogens is 1. The molecule has 0 saturated heterocycles. The second-order valence-corrected chi connectivity index (χ2v) is 9.38. The van der Waals surface area contributed by atoms with E-state index in [1.54, 1.807) is 0 Å². The highest BCUT2D eigenvalue weighted by atomic mass is 79.9. The molecular weight excluding hydrogens is 458 g/mol. The van der Waals surface area contributed by atoms with Crippen LogP contribution in [0.4, 0.5) is 0 Å². The molecule has 7 heteroatoms. The lowest BCUT2D eigenvalue weighted by Gasteiger charge is -2.45. The van der Waals surface area contributed by atoms with E-state index in [0.717, 1.165) is 21.5 Å². The molecule has 2 aromatic rings. The zero-order valence-electron chi connectivity index (χ0n) is 16.0. The molecular formula is C23H18BrN5S. The molecule has 1 aliphatic carbocycles. The summed E-state index contributed by atoms with van der Waals surface area (Å²) < 4.78 is 0.906. The Morgan fingerprint density at radius 1 is 1.20 bits per heavy atom. The first-order valence-corrected chi connectivity index (χ1v) is 11.1. The molecule has 0 amide bonds. The van der Waals surface area contributed by atoms with E-state index < -0.39 is 11.3 Å². The molecule has 2 heterocycles. The van der Waals surface area contributed by atoms with Crippen molar-refractivity contribution in [3.63, 3.8) is 0 Å². The van der Waals surface area contributed by atoms with E-state index in [0.29, 0.717) is 13.1 Å². The maximum atomic E-state index is 10.1. The third kappa shape index (κ3) is 3.24. The van der Waals surface area contributed by atoms with Crippen LogP contribution in [0.25, 0.3) is 0 Å². The van der Waals surface area contributed by atoms with Crippen molar-refractivity contribution >= 4 is 27.3 Å². The minimum atomic E-state index is -1.58. The van der Waals surface area contributed by atoms with Gasteiger partial charge in [0.05, 0.1) is 23.4 Å². The largest absolute Gasteiger partial charge is 0.399 e. The molecule has 0 fully saturated rings. The molecule has 0 saturated carbocycles. The van der Waals surface area contributed by atoms with Crippen molar-refractivity contribution in [2.75, 3.05) is 13.1 Å². The average Bonchev–Trinajstić information content (AvgIpc) is 3.19. The Hall–Kier alpha value is -2.89. The molecule has 30 heavy (non-hydrogen) atoms. The SMILES string of the molecule is N#CC1=C(N)C(C#N)(C#N)[C@H](c2cc(Br)cs2)[C@H]2CN(Cc3ccccc3)CC=C12. The van der Waals surface area contributed by atoms with E-state index in [4.69, 9.17) is 5.73 Å². The molecule has 0 bridgehead atoms. The monoisotopic (exact) mass is 475 g/mol. The second kappa shape index (κ2) is 8.09. The Kier molecular flexibility index (Phi) is 5.50. The fourth-order valence-corrected chi connectivity index (χ4v) is 6.19. The lowest BCUT2D eigenvalue weighted by Crippen LogP contribution is -2.47. The molecule has 5 nitrogen and oxygen atoms in total. The topological polar surface area (TPSA) is 101 Å². The third-order valence-corrected chi connectivity index (χ3v) is 7.66. The summed E-state index contributed by atoms with van der Waals surface area (Å²) in [7, 11) is 0. The van der Waals surface area contributed by atoms with Crippen molar-refractivity contribution in [2.24, 2.45) is 17.1 Å². The van der Waals surface area contributed by atoms with Gasteiger partial charge in [0.25, 0.3) is 0 Å². The zero-order chi connectivity index (χ0) is 21.3. The fraction of sp³-hybridized carbons (Fsp3) is 0.261. The van der Waals surface area contributed by atoms with Crippen molar-refractivity contribution in [1.82, 2.24) is 4.90 Å². The summed E-state index contributed by atoms with van der Waals surface area (Å²) >= 11 is 4.99. The molecule has 0 radical (unpaired) electrons. The number of hydrogen-bond donors (Lipinski definition) is 1. The summed E-state index contributed by atoms with van der Waals surface area (Å²) in [4.78, 5) is 3.21. The minimum Gasteiger partial charge on any atom is -0.399 e. The molecule has 1 aromatic heterocycles. The van der Waals surface area contributed by atoms with Crippen LogP contribution in [0.2, 0.25) is 0 Å². The van der Waals surface area contributed by atoms with Crippen molar-refractivity contribution in [2.45, 2.75) is 12.5 Å². The van der Waals surface area contributed by atoms with Crippen LogP contribution in [0, 0.1) is 45.3 Å². The number of nitriles is 3. The van der Waals surface area contributed by atoms with Crippen LogP contribution >= 0.6 is 27.3 Å². The van der Waals surface area contributed by atoms with Crippen LogP contribution in [0.15, 0.2) is 69.2 Å². The van der Waals surface area contributed by atoms with Gasteiger partial charge >= 0.3 is 0 Å². The summed E-state index contributed by atoms with van der Waals surface area (Å²) in [6, 6.07) is 18.7. The number of fused-ring (bicyclic) bond motifs is 1. The molecule has 4 rings (SSSR count). The van der Waals surface area contributed by atoms with E-state index in [1.165, 1.54) is 16.9 Å². The van der Waals surface area contributed by atoms with Gasteiger partial charge in [-0.15, -0.1) is 11.3 Å². The first-order chi connectivity index (χ1) is 14.5. The summed E-state index contributed by atoms with van der Waals surface area (Å²) in [5.74, 6) is -0.611. The molecule has 2 N–H and O–H groups in total. The highest BCUT2D eigenvalue weighted by Crippen LogP contribution is 2.55. The Labute approximate surface area is 188 Å². The van der Waals surface area contributed by atoms with Gasteiger partial charge in [0.2, 0.25) is 0 Å². The smallest absolute Gasteiger partial charge is 0.192 e. The van der Waals surface area contributed by atoms with Gasteiger partial charge in [-0.25, -0.2) is 0 Å². The lowest BCUT2D eigenvalue weighted by atomic mass is 9.59. The minimum absolute atomic E-state index is 0.0727. The first-order valence-electron chi connectivity index (χ1n) is 9.47. The maximum Gasteiger partial charge on any atom is 0.192 e. The highest BCUT2D eigenvalue weighted by molar-refractivity contribution is 9.10. The highest BCUT2D eigenvalue weighted by Gasteiger charge is 2.54. The molecule has 1 aromatic carbocycles. The standard InChI is InChI=1S/C23H18BrN5S/c24-16-8-20(30-12-16)21-19-11-29(10-15-4-2-1-3-5-15)7-6-17(19)18(9-25)22(28)23(21,13-26)14-27/h1-6,8,12,19,21H,7,10-11,28H2/t19-,21-/m0/s1. The van der Waals surface area contributed by atoms with Crippen molar-refractivity contribution < 1.29 is 0 Å². The van der Waals surface area contributed by atoms with Crippen LogP contribution < -0.4 is 5.73 Å². The van der Waals surface area contributed by atoms with Crippen molar-refractivity contribution in [1.29, 1.82) is 15.8 Å². The fourth-order valence-electron chi connectivity index (χ4n) is 4.51. The quantitative estimate of drug-likeness (QED) is 0.706. The summed E-state index contributed by atoms with van der Waals surface area (Å²) in [6.07, 6.45) is 2.04. The van der Waals surface area contributed by atoms with E-state index in [2.05, 4.69) is 51.2 Å².